The van der Waals surface area contributed by atoms with E-state index in [2.05, 4.69) is 0 Å². The molecule has 11 heteroatoms. The van der Waals surface area contributed by atoms with E-state index in [1.165, 1.54) is 12.5 Å². The average Bonchev–Trinajstić information content (AvgIpc) is 2.82. The maximum absolute atomic E-state index is 12.9. The second kappa shape index (κ2) is 6.20. The van der Waals surface area contributed by atoms with Gasteiger partial charge >= 0.3 is 12.1 Å². The topological polar surface area (TPSA) is 83.9 Å². The number of hydrogen-bond acceptors (Lipinski definition) is 5. The molecule has 0 aliphatic rings. The summed E-state index contributed by atoms with van der Waals surface area (Å²) >= 11 is 0.901. The van der Waals surface area contributed by atoms with Crippen molar-refractivity contribution in [3.05, 3.63) is 11.4 Å². The molecule has 0 radical (unpaired) electrons. The van der Waals surface area contributed by atoms with Gasteiger partial charge in [-0.2, -0.15) is 17.5 Å². The molecular formula is C10H12F3NO5S2. The Bertz CT molecular complexity index is 610. The summed E-state index contributed by atoms with van der Waals surface area (Å²) in [5.41, 5.74) is 0. The summed E-state index contributed by atoms with van der Waals surface area (Å²) in [4.78, 5) is 10.1. The van der Waals surface area contributed by atoms with E-state index in [0.717, 1.165) is 17.4 Å². The molecule has 1 atom stereocenters. The van der Waals surface area contributed by atoms with Crippen LogP contribution in [0, 0.1) is 0 Å². The molecule has 1 unspecified atom stereocenters. The number of sulfonamides is 1. The van der Waals surface area contributed by atoms with Gasteiger partial charge in [-0.05, 0) is 11.4 Å². The number of carbonyl (C=O) groups is 1. The smallest absolute Gasteiger partial charge is 0.405 e. The molecule has 1 N–H and O–H groups in total. The van der Waals surface area contributed by atoms with Crippen molar-refractivity contribution in [3.63, 3.8) is 0 Å². The maximum Gasteiger partial charge on any atom is 0.405 e. The van der Waals surface area contributed by atoms with E-state index in [0.29, 0.717) is 7.05 Å². The summed E-state index contributed by atoms with van der Waals surface area (Å²) in [6.45, 7) is 0. The number of aliphatic carboxylic acids is 1. The van der Waals surface area contributed by atoms with Crippen molar-refractivity contribution in [2.75, 3.05) is 14.2 Å². The molecule has 120 valence electrons. The molecule has 0 fully saturated rings. The molecule has 6 nitrogen and oxygen atoms in total. The molecule has 21 heavy (non-hydrogen) atoms. The molecule has 0 bridgehead atoms. The minimum atomic E-state index is -5.01. The van der Waals surface area contributed by atoms with Crippen molar-refractivity contribution in [1.82, 2.24) is 4.31 Å². The van der Waals surface area contributed by atoms with Crippen LogP contribution in [0.5, 0.6) is 5.06 Å². The van der Waals surface area contributed by atoms with Crippen LogP contribution in [0.25, 0.3) is 0 Å². The number of alkyl halides is 3. The lowest BCUT2D eigenvalue weighted by atomic mass is 10.2. The first-order valence-corrected chi connectivity index (χ1v) is 7.71. The van der Waals surface area contributed by atoms with E-state index in [9.17, 15) is 26.4 Å². The molecule has 0 saturated heterocycles. The van der Waals surface area contributed by atoms with Crippen molar-refractivity contribution < 1.29 is 36.2 Å². The van der Waals surface area contributed by atoms with Crippen molar-refractivity contribution in [2.45, 2.75) is 23.5 Å². The number of rotatable bonds is 6. The number of carboxylic acid groups (broad SMARTS) is 1. The fourth-order valence-corrected chi connectivity index (χ4v) is 4.09. The Hall–Kier alpha value is -1.33. The second-order valence-electron chi connectivity index (χ2n) is 3.95. The third-order valence-corrected chi connectivity index (χ3v) is 5.51. The number of halogens is 3. The minimum Gasteiger partial charge on any atom is -0.486 e. The summed E-state index contributed by atoms with van der Waals surface area (Å²) in [6.07, 6.45) is -6.39. The molecule has 1 aromatic heterocycles. The van der Waals surface area contributed by atoms with Crippen LogP contribution in [0.1, 0.15) is 6.42 Å². The number of carboxylic acids is 1. The quantitative estimate of drug-likeness (QED) is 0.848. The van der Waals surface area contributed by atoms with Crippen molar-refractivity contribution in [1.29, 1.82) is 0 Å². The lowest BCUT2D eigenvalue weighted by Crippen LogP contribution is -2.47. The van der Waals surface area contributed by atoms with Crippen LogP contribution in [0.2, 0.25) is 0 Å². The maximum atomic E-state index is 12.9. The Morgan fingerprint density at radius 1 is 1.52 bits per heavy atom. The van der Waals surface area contributed by atoms with Crippen molar-refractivity contribution in [3.8, 4) is 5.06 Å². The standard InChI is InChI=1S/C10H12F3NO5S2/c1-14(7(5-8(15)16)10(11,12)13)21(17,18)6-3-4-20-9(6)19-2/h3-4,7H,5H2,1-2H3,(H,15,16). The number of methoxy groups -OCH3 is 1. The fourth-order valence-electron chi connectivity index (χ4n) is 1.56. The minimum absolute atomic E-state index is 0.00565. The Morgan fingerprint density at radius 3 is 2.52 bits per heavy atom. The van der Waals surface area contributed by atoms with Crippen LogP contribution in [0.3, 0.4) is 0 Å². The summed E-state index contributed by atoms with van der Waals surface area (Å²) < 4.78 is 67.9. The third kappa shape index (κ3) is 3.86. The van der Waals surface area contributed by atoms with Crippen molar-refractivity contribution >= 4 is 27.3 Å². The van der Waals surface area contributed by atoms with Gasteiger partial charge < -0.3 is 9.84 Å². The van der Waals surface area contributed by atoms with E-state index >= 15 is 0 Å². The molecule has 1 aromatic rings. The van der Waals surface area contributed by atoms with Gasteiger partial charge in [0.15, 0.2) is 5.06 Å². The summed E-state index contributed by atoms with van der Waals surface area (Å²) in [5, 5.41) is 9.82. The van der Waals surface area contributed by atoms with Crippen LogP contribution >= 0.6 is 11.3 Å². The highest BCUT2D eigenvalue weighted by Crippen LogP contribution is 2.35. The Labute approximate surface area is 122 Å². The zero-order valence-corrected chi connectivity index (χ0v) is 12.5. The van der Waals surface area contributed by atoms with E-state index in [1.54, 1.807) is 0 Å². The molecule has 0 aliphatic carbocycles. The lowest BCUT2D eigenvalue weighted by Gasteiger charge is -2.27. The Kier molecular flexibility index (Phi) is 5.23. The highest BCUT2D eigenvalue weighted by molar-refractivity contribution is 7.89. The molecule has 1 rings (SSSR count). The molecule has 0 aliphatic heterocycles. The van der Waals surface area contributed by atoms with Gasteiger partial charge in [0.1, 0.15) is 10.9 Å². The fraction of sp³-hybridized carbons (Fsp3) is 0.500. The van der Waals surface area contributed by atoms with Crippen molar-refractivity contribution in [2.24, 2.45) is 0 Å². The first-order valence-electron chi connectivity index (χ1n) is 5.39. The largest absolute Gasteiger partial charge is 0.486 e. The van der Waals surface area contributed by atoms with Crippen LogP contribution in [0.15, 0.2) is 16.3 Å². The first-order chi connectivity index (χ1) is 9.51. The average molecular weight is 347 g/mol. The highest BCUT2D eigenvalue weighted by Gasteiger charge is 2.48. The van der Waals surface area contributed by atoms with Gasteiger partial charge in [-0.1, -0.05) is 0 Å². The first kappa shape index (κ1) is 17.7. The van der Waals surface area contributed by atoms with E-state index < -0.39 is 39.5 Å². The SMILES string of the molecule is COc1sccc1S(=O)(=O)N(C)C(CC(=O)O)C(F)(F)F. The van der Waals surface area contributed by atoms with Gasteiger partial charge in [-0.25, -0.2) is 8.42 Å². The Balaban J connectivity index is 3.25. The predicted molar refractivity (Wildman–Crippen MR) is 67.9 cm³/mol. The normalized spacial score (nSPS) is 14.2. The molecule has 0 aromatic carbocycles. The predicted octanol–water partition coefficient (Wildman–Crippen LogP) is 1.78. The molecule has 1 heterocycles. The van der Waals surface area contributed by atoms with Crippen LogP contribution in [0.4, 0.5) is 13.2 Å². The van der Waals surface area contributed by atoms with Gasteiger partial charge in [-0.3, -0.25) is 4.79 Å². The zero-order valence-electron chi connectivity index (χ0n) is 10.9. The van der Waals surface area contributed by atoms with Gasteiger partial charge in [0.05, 0.1) is 13.5 Å². The van der Waals surface area contributed by atoms with Crippen LogP contribution < -0.4 is 4.74 Å². The Morgan fingerprint density at radius 2 is 2.10 bits per heavy atom. The number of nitrogens with zero attached hydrogens (tertiary/aromatic N) is 1. The second-order valence-corrected chi connectivity index (χ2v) is 6.80. The summed E-state index contributed by atoms with van der Waals surface area (Å²) in [7, 11) is -2.66. The summed E-state index contributed by atoms with van der Waals surface area (Å²) in [6, 6.07) is -1.56. The van der Waals surface area contributed by atoms with Gasteiger partial charge in [0.2, 0.25) is 10.0 Å². The zero-order chi connectivity index (χ0) is 16.4. The highest BCUT2D eigenvalue weighted by atomic mass is 32.2. The molecule has 0 amide bonds. The van der Waals surface area contributed by atoms with Crippen LogP contribution in [-0.2, 0) is 14.8 Å². The van der Waals surface area contributed by atoms with Gasteiger partial charge in [0.25, 0.3) is 0 Å². The third-order valence-electron chi connectivity index (χ3n) is 2.62. The number of hydrogen-bond donors (Lipinski definition) is 1. The molecular weight excluding hydrogens is 335 g/mol. The lowest BCUT2D eigenvalue weighted by molar-refractivity contribution is -0.177. The van der Waals surface area contributed by atoms with Crippen LogP contribution in [-0.4, -0.2) is 50.2 Å². The van der Waals surface area contributed by atoms with E-state index in [1.807, 2.05) is 0 Å². The monoisotopic (exact) mass is 347 g/mol. The molecule has 0 saturated carbocycles. The summed E-state index contributed by atoms with van der Waals surface area (Å²) in [5.74, 6) is -1.75. The number of ether oxygens (including phenoxy) is 1. The van der Waals surface area contributed by atoms with Gasteiger partial charge in [0, 0.05) is 7.05 Å². The van der Waals surface area contributed by atoms with E-state index in [4.69, 9.17) is 9.84 Å². The van der Waals surface area contributed by atoms with E-state index in [-0.39, 0.29) is 9.37 Å². The number of thiophene rings is 1. The van der Waals surface area contributed by atoms with Gasteiger partial charge in [-0.15, -0.1) is 11.3 Å². The molecule has 0 spiro atoms.